The van der Waals surface area contributed by atoms with Gasteiger partial charge in [0, 0.05) is 0 Å². The van der Waals surface area contributed by atoms with Gasteiger partial charge < -0.3 is 0 Å². The molecular weight excluding hydrogens is 156 g/mol. The van der Waals surface area contributed by atoms with Gasteiger partial charge in [-0.3, -0.25) is 0 Å². The smallest absolute Gasteiger partial charge is 0.0126 e. The quantitative estimate of drug-likeness (QED) is 0.482. The van der Waals surface area contributed by atoms with Crippen molar-refractivity contribution in [2.24, 2.45) is 0 Å². The highest BCUT2D eigenvalue weighted by Crippen LogP contribution is 2.01. The molecule has 0 fully saturated rings. The first-order valence-corrected chi connectivity index (χ1v) is 4.25. The van der Waals surface area contributed by atoms with E-state index in [1.54, 1.807) is 0 Å². The fraction of sp³-hybridized carbons (Fsp3) is 0.154. The van der Waals surface area contributed by atoms with Crippen LogP contribution in [-0.4, -0.2) is 0 Å². The van der Waals surface area contributed by atoms with Gasteiger partial charge in [-0.2, -0.15) is 0 Å². The Kier molecular flexibility index (Phi) is 7.57. The Labute approximate surface area is 80.9 Å². The Hall–Kier alpha value is -1.52. The van der Waals surface area contributed by atoms with Crippen LogP contribution in [-0.2, 0) is 6.42 Å². The van der Waals surface area contributed by atoms with Crippen LogP contribution in [0.5, 0.6) is 0 Å². The van der Waals surface area contributed by atoms with Crippen LogP contribution in [0.1, 0.15) is 12.0 Å². The van der Waals surface area contributed by atoms with Crippen molar-refractivity contribution in [2.45, 2.75) is 12.8 Å². The van der Waals surface area contributed by atoms with Crippen LogP contribution < -0.4 is 0 Å². The van der Waals surface area contributed by atoms with Gasteiger partial charge in [0.1, 0.15) is 0 Å². The third kappa shape index (κ3) is 5.72. The monoisotopic (exact) mass is 171 g/mol. The standard InChI is InChI=1S/C11H11.C2H4/c1-2-3-5-8-11-9-6-4-7-10-11;1-2/h1,3-4,6-7,9-10H,5,8H2;1-2H2. The van der Waals surface area contributed by atoms with Gasteiger partial charge in [0.15, 0.2) is 0 Å². The van der Waals surface area contributed by atoms with Gasteiger partial charge in [-0.15, -0.1) is 18.9 Å². The van der Waals surface area contributed by atoms with Gasteiger partial charge in [-0.1, -0.05) is 30.3 Å². The van der Waals surface area contributed by atoms with Crippen molar-refractivity contribution in [3.05, 3.63) is 67.4 Å². The maximum absolute atomic E-state index is 5.09. The highest BCUT2D eigenvalue weighted by molar-refractivity contribution is 5.15. The number of rotatable bonds is 3. The molecule has 1 aromatic rings. The molecule has 0 nitrogen and oxygen atoms in total. The molecule has 0 aliphatic carbocycles. The van der Waals surface area contributed by atoms with Gasteiger partial charge in [0.2, 0.25) is 0 Å². The van der Waals surface area contributed by atoms with E-state index in [9.17, 15) is 0 Å². The van der Waals surface area contributed by atoms with Crippen molar-refractivity contribution in [2.75, 3.05) is 0 Å². The zero-order chi connectivity index (χ0) is 9.94. The second-order valence-corrected chi connectivity index (χ2v) is 2.40. The predicted octanol–water partition coefficient (Wildman–Crippen LogP) is 3.57. The van der Waals surface area contributed by atoms with Crippen LogP contribution in [0, 0.1) is 6.58 Å². The Morgan fingerprint density at radius 3 is 2.38 bits per heavy atom. The lowest BCUT2D eigenvalue weighted by Crippen LogP contribution is -1.80. The molecule has 0 aliphatic rings. The van der Waals surface area contributed by atoms with Gasteiger partial charge in [0.05, 0.1) is 0 Å². The molecule has 0 amide bonds. The Morgan fingerprint density at radius 1 is 1.23 bits per heavy atom. The third-order valence-corrected chi connectivity index (χ3v) is 1.54. The number of benzene rings is 1. The zero-order valence-corrected chi connectivity index (χ0v) is 7.87. The van der Waals surface area contributed by atoms with Crippen molar-refractivity contribution < 1.29 is 0 Å². The molecule has 0 N–H and O–H groups in total. The first-order valence-electron chi connectivity index (χ1n) is 4.25. The summed E-state index contributed by atoms with van der Waals surface area (Å²) in [7, 11) is 0. The molecule has 13 heavy (non-hydrogen) atoms. The molecule has 0 atom stereocenters. The Bertz CT molecular complexity index is 253. The average molecular weight is 171 g/mol. The van der Waals surface area contributed by atoms with Gasteiger partial charge in [-0.05, 0) is 31.1 Å². The fourth-order valence-electron chi connectivity index (χ4n) is 0.967. The molecule has 0 spiro atoms. The van der Waals surface area contributed by atoms with Crippen molar-refractivity contribution in [3.8, 4) is 0 Å². The second kappa shape index (κ2) is 8.58. The number of allylic oxidation sites excluding steroid dienone is 1. The molecule has 1 radical (unpaired) electrons. The van der Waals surface area contributed by atoms with E-state index >= 15 is 0 Å². The van der Waals surface area contributed by atoms with E-state index in [0.29, 0.717) is 0 Å². The lowest BCUT2D eigenvalue weighted by Gasteiger charge is -1.94. The largest absolute Gasteiger partial charge is 0.125 e. The lowest BCUT2D eigenvalue weighted by molar-refractivity contribution is 1.00. The highest BCUT2D eigenvalue weighted by atomic mass is 13.9. The van der Waals surface area contributed by atoms with Crippen LogP contribution in [0.2, 0.25) is 0 Å². The highest BCUT2D eigenvalue weighted by Gasteiger charge is 1.86. The van der Waals surface area contributed by atoms with Gasteiger partial charge in [0.25, 0.3) is 0 Å². The molecule has 0 saturated heterocycles. The van der Waals surface area contributed by atoms with Crippen molar-refractivity contribution in [1.82, 2.24) is 0 Å². The Morgan fingerprint density at radius 2 is 1.85 bits per heavy atom. The summed E-state index contributed by atoms with van der Waals surface area (Å²) in [6, 6.07) is 10.3. The fourth-order valence-corrected chi connectivity index (χ4v) is 0.967. The van der Waals surface area contributed by atoms with E-state index in [0.717, 1.165) is 12.8 Å². The molecule has 1 rings (SSSR count). The summed E-state index contributed by atoms with van der Waals surface area (Å²) in [5.41, 5.74) is 3.86. The summed E-state index contributed by atoms with van der Waals surface area (Å²) in [5.74, 6) is 0. The molecule has 0 unspecified atom stereocenters. The van der Waals surface area contributed by atoms with E-state index in [1.807, 2.05) is 24.3 Å². The normalized spacial score (nSPS) is 7.69. The molecule has 1 aromatic carbocycles. The minimum absolute atomic E-state index is 0.973. The zero-order valence-electron chi connectivity index (χ0n) is 7.87. The van der Waals surface area contributed by atoms with Gasteiger partial charge >= 0.3 is 0 Å². The van der Waals surface area contributed by atoms with E-state index in [2.05, 4.69) is 31.0 Å². The minimum atomic E-state index is 0.973. The maximum atomic E-state index is 5.09. The molecule has 0 aliphatic heterocycles. The summed E-state index contributed by atoms with van der Waals surface area (Å²) < 4.78 is 0. The number of hydrogen-bond acceptors (Lipinski definition) is 0. The SMILES string of the molecule is C=C.[CH]=C=CCCc1ccccc1. The van der Waals surface area contributed by atoms with E-state index in [1.165, 1.54) is 5.56 Å². The van der Waals surface area contributed by atoms with Crippen molar-refractivity contribution >= 4 is 0 Å². The van der Waals surface area contributed by atoms with Crippen LogP contribution in [0.25, 0.3) is 0 Å². The van der Waals surface area contributed by atoms with Crippen LogP contribution >= 0.6 is 0 Å². The Balaban J connectivity index is 0.000000671. The van der Waals surface area contributed by atoms with E-state index in [-0.39, 0.29) is 0 Å². The van der Waals surface area contributed by atoms with Crippen molar-refractivity contribution in [3.63, 3.8) is 0 Å². The van der Waals surface area contributed by atoms with E-state index in [4.69, 9.17) is 6.58 Å². The summed E-state index contributed by atoms with van der Waals surface area (Å²) in [5, 5.41) is 0. The van der Waals surface area contributed by atoms with Crippen LogP contribution in [0.15, 0.2) is 55.3 Å². The van der Waals surface area contributed by atoms with Gasteiger partial charge in [-0.25, -0.2) is 0 Å². The molecule has 0 heterocycles. The predicted molar refractivity (Wildman–Crippen MR) is 58.4 cm³/mol. The molecular formula is C13H15. The summed E-state index contributed by atoms with van der Waals surface area (Å²) in [6.07, 6.45) is 3.87. The molecule has 0 bridgehead atoms. The van der Waals surface area contributed by atoms with Crippen LogP contribution in [0.3, 0.4) is 0 Å². The lowest BCUT2D eigenvalue weighted by atomic mass is 10.1. The second-order valence-electron chi connectivity index (χ2n) is 2.40. The van der Waals surface area contributed by atoms with Crippen molar-refractivity contribution in [1.29, 1.82) is 0 Å². The summed E-state index contributed by atoms with van der Waals surface area (Å²) in [6.45, 7) is 11.1. The third-order valence-electron chi connectivity index (χ3n) is 1.54. The summed E-state index contributed by atoms with van der Waals surface area (Å²) in [4.78, 5) is 0. The molecule has 0 aromatic heterocycles. The first kappa shape index (κ1) is 11.5. The average Bonchev–Trinajstić information content (AvgIpc) is 2.23. The molecule has 0 saturated carbocycles. The van der Waals surface area contributed by atoms with E-state index < -0.39 is 0 Å². The first-order chi connectivity index (χ1) is 6.43. The number of aryl methyl sites for hydroxylation is 1. The van der Waals surface area contributed by atoms with Crippen LogP contribution in [0.4, 0.5) is 0 Å². The molecule has 67 valence electrons. The maximum Gasteiger partial charge on any atom is -0.0126 e. The minimum Gasteiger partial charge on any atom is -0.125 e. The topological polar surface area (TPSA) is 0 Å². The number of hydrogen-bond donors (Lipinski definition) is 0. The molecule has 0 heteroatoms. The summed E-state index contributed by atoms with van der Waals surface area (Å²) >= 11 is 0.